The summed E-state index contributed by atoms with van der Waals surface area (Å²) in [5, 5.41) is 6.81. The molecule has 1 aliphatic heterocycles. The van der Waals surface area contributed by atoms with Crippen LogP contribution >= 0.6 is 0 Å². The predicted octanol–water partition coefficient (Wildman–Crippen LogP) is 1.93. The third-order valence-corrected chi connectivity index (χ3v) is 5.49. The molecule has 2 N–H and O–H groups in total. The van der Waals surface area contributed by atoms with Crippen LogP contribution in [0.15, 0.2) is 0 Å². The van der Waals surface area contributed by atoms with Gasteiger partial charge in [-0.15, -0.1) is 0 Å². The zero-order valence-electron chi connectivity index (χ0n) is 11.6. The molecule has 1 saturated heterocycles. The molecule has 102 valence electrons. The Labute approximate surface area is 110 Å². The van der Waals surface area contributed by atoms with Gasteiger partial charge < -0.3 is 10.6 Å². The van der Waals surface area contributed by atoms with Crippen molar-refractivity contribution in [2.24, 2.45) is 23.7 Å². The number of hydrogen-bond acceptors (Lipinski definition) is 2. The Hall–Kier alpha value is -0.570. The van der Waals surface area contributed by atoms with E-state index < -0.39 is 0 Å². The van der Waals surface area contributed by atoms with Gasteiger partial charge in [0.05, 0.1) is 0 Å². The molecule has 0 aromatic rings. The van der Waals surface area contributed by atoms with Crippen molar-refractivity contribution >= 4 is 5.91 Å². The number of nitrogens with one attached hydrogen (secondary N) is 2. The van der Waals surface area contributed by atoms with Gasteiger partial charge in [-0.05, 0) is 50.5 Å². The maximum Gasteiger partial charge on any atom is 0.223 e. The molecule has 3 heteroatoms. The highest BCUT2D eigenvalue weighted by molar-refractivity contribution is 5.82. The van der Waals surface area contributed by atoms with Gasteiger partial charge in [-0.1, -0.05) is 19.8 Å². The van der Waals surface area contributed by atoms with Crippen LogP contribution in [0.5, 0.6) is 0 Å². The van der Waals surface area contributed by atoms with Gasteiger partial charge in [0.15, 0.2) is 0 Å². The highest BCUT2D eigenvalue weighted by Crippen LogP contribution is 2.55. The van der Waals surface area contributed by atoms with Crippen LogP contribution in [0.25, 0.3) is 0 Å². The number of fused-ring (bicyclic) bond motifs is 1. The molecule has 3 aliphatic rings. The second kappa shape index (κ2) is 4.84. The van der Waals surface area contributed by atoms with Crippen molar-refractivity contribution in [1.29, 1.82) is 0 Å². The van der Waals surface area contributed by atoms with Crippen molar-refractivity contribution in [1.82, 2.24) is 10.6 Å². The molecule has 18 heavy (non-hydrogen) atoms. The minimum Gasteiger partial charge on any atom is -0.351 e. The monoisotopic (exact) mass is 250 g/mol. The molecule has 3 rings (SSSR count). The lowest BCUT2D eigenvalue weighted by molar-refractivity contribution is -0.124. The van der Waals surface area contributed by atoms with Crippen molar-refractivity contribution in [2.75, 3.05) is 6.54 Å². The topological polar surface area (TPSA) is 41.1 Å². The lowest BCUT2D eigenvalue weighted by Gasteiger charge is -2.36. The van der Waals surface area contributed by atoms with Crippen molar-refractivity contribution < 1.29 is 4.79 Å². The van der Waals surface area contributed by atoms with E-state index in [0.29, 0.717) is 29.8 Å². The quantitative estimate of drug-likeness (QED) is 0.786. The summed E-state index contributed by atoms with van der Waals surface area (Å²) in [4.78, 5) is 12.4. The fourth-order valence-electron chi connectivity index (χ4n) is 4.25. The number of amides is 1. The lowest BCUT2D eigenvalue weighted by atomic mass is 9.89. The first-order valence-electron chi connectivity index (χ1n) is 7.72. The summed E-state index contributed by atoms with van der Waals surface area (Å²) in [7, 11) is 0. The molecular formula is C15H26N2O. The van der Waals surface area contributed by atoms with E-state index in [2.05, 4.69) is 24.5 Å². The Morgan fingerprint density at radius 3 is 2.39 bits per heavy atom. The van der Waals surface area contributed by atoms with Gasteiger partial charge >= 0.3 is 0 Å². The Bertz CT molecular complexity index is 308. The van der Waals surface area contributed by atoms with Gasteiger partial charge in [-0.3, -0.25) is 4.79 Å². The minimum absolute atomic E-state index is 0.328. The highest BCUT2D eigenvalue weighted by Gasteiger charge is 2.55. The van der Waals surface area contributed by atoms with Gasteiger partial charge in [0.2, 0.25) is 5.91 Å². The average Bonchev–Trinajstić information content (AvgIpc) is 3.08. The summed E-state index contributed by atoms with van der Waals surface area (Å²) in [5.74, 6) is 2.75. The summed E-state index contributed by atoms with van der Waals surface area (Å²) in [5.41, 5.74) is 0. The van der Waals surface area contributed by atoms with E-state index in [-0.39, 0.29) is 0 Å². The zero-order chi connectivity index (χ0) is 12.7. The van der Waals surface area contributed by atoms with E-state index in [1.54, 1.807) is 0 Å². The second-order valence-electron chi connectivity index (χ2n) is 6.68. The molecule has 0 bridgehead atoms. The third kappa shape index (κ3) is 2.18. The molecule has 5 unspecified atom stereocenters. The number of hydrogen-bond donors (Lipinski definition) is 2. The van der Waals surface area contributed by atoms with Gasteiger partial charge in [0.25, 0.3) is 0 Å². The standard InChI is InChI=1S/C15H26N2O/c1-9-7-8-16-10(2)14(9)17-15(18)13-11-5-3-4-6-12(11)13/h9-14,16H,3-8H2,1-2H3,(H,17,18). The Morgan fingerprint density at radius 1 is 1.11 bits per heavy atom. The molecule has 0 radical (unpaired) electrons. The molecule has 3 fully saturated rings. The van der Waals surface area contributed by atoms with Crippen LogP contribution in [0.3, 0.4) is 0 Å². The van der Waals surface area contributed by atoms with Crippen LogP contribution in [0, 0.1) is 23.7 Å². The van der Waals surface area contributed by atoms with Gasteiger partial charge in [-0.2, -0.15) is 0 Å². The van der Waals surface area contributed by atoms with E-state index in [1.165, 1.54) is 32.1 Å². The van der Waals surface area contributed by atoms with E-state index in [0.717, 1.165) is 18.4 Å². The molecule has 2 saturated carbocycles. The van der Waals surface area contributed by atoms with Gasteiger partial charge in [0.1, 0.15) is 0 Å². The maximum atomic E-state index is 12.4. The summed E-state index contributed by atoms with van der Waals surface area (Å²) in [6, 6.07) is 0.743. The molecular weight excluding hydrogens is 224 g/mol. The SMILES string of the molecule is CC1CCNC(C)C1NC(=O)C1C2CCCCC21. The van der Waals surface area contributed by atoms with Crippen molar-refractivity contribution in [3.63, 3.8) is 0 Å². The number of carbonyl (C=O) groups excluding carboxylic acids is 1. The fourth-order valence-corrected chi connectivity index (χ4v) is 4.25. The fraction of sp³-hybridized carbons (Fsp3) is 0.933. The summed E-state index contributed by atoms with van der Waals surface area (Å²) in [6.45, 7) is 5.55. The molecule has 2 aliphatic carbocycles. The predicted molar refractivity (Wildman–Crippen MR) is 72.1 cm³/mol. The summed E-state index contributed by atoms with van der Waals surface area (Å²) in [6.07, 6.45) is 6.42. The summed E-state index contributed by atoms with van der Waals surface area (Å²) >= 11 is 0. The van der Waals surface area contributed by atoms with Crippen molar-refractivity contribution in [3.8, 4) is 0 Å². The maximum absolute atomic E-state index is 12.4. The Morgan fingerprint density at radius 2 is 1.78 bits per heavy atom. The Kier molecular flexibility index (Phi) is 3.35. The number of rotatable bonds is 2. The first-order valence-corrected chi connectivity index (χ1v) is 7.72. The molecule has 0 aromatic heterocycles. The summed E-state index contributed by atoms with van der Waals surface area (Å²) < 4.78 is 0. The largest absolute Gasteiger partial charge is 0.351 e. The highest BCUT2D eigenvalue weighted by atomic mass is 16.2. The molecule has 1 heterocycles. The third-order valence-electron chi connectivity index (χ3n) is 5.49. The van der Waals surface area contributed by atoms with Gasteiger partial charge in [-0.25, -0.2) is 0 Å². The van der Waals surface area contributed by atoms with Crippen LogP contribution in [0.2, 0.25) is 0 Å². The van der Waals surface area contributed by atoms with Crippen molar-refractivity contribution in [3.05, 3.63) is 0 Å². The molecule has 1 amide bonds. The van der Waals surface area contributed by atoms with E-state index >= 15 is 0 Å². The van der Waals surface area contributed by atoms with Crippen LogP contribution in [-0.2, 0) is 4.79 Å². The first-order chi connectivity index (χ1) is 8.68. The lowest BCUT2D eigenvalue weighted by Crippen LogP contribution is -2.56. The van der Waals surface area contributed by atoms with Crippen LogP contribution < -0.4 is 10.6 Å². The molecule has 5 atom stereocenters. The van der Waals surface area contributed by atoms with Crippen LogP contribution in [0.4, 0.5) is 0 Å². The Balaban J connectivity index is 1.57. The van der Waals surface area contributed by atoms with Crippen LogP contribution in [-0.4, -0.2) is 24.5 Å². The second-order valence-corrected chi connectivity index (χ2v) is 6.68. The van der Waals surface area contributed by atoms with Crippen molar-refractivity contribution in [2.45, 2.75) is 58.0 Å². The minimum atomic E-state index is 0.328. The number of piperidine rings is 1. The average molecular weight is 250 g/mol. The number of carbonyl (C=O) groups is 1. The zero-order valence-corrected chi connectivity index (χ0v) is 11.6. The van der Waals surface area contributed by atoms with E-state index in [4.69, 9.17) is 0 Å². The smallest absolute Gasteiger partial charge is 0.223 e. The normalized spacial score (nSPS) is 47.2. The van der Waals surface area contributed by atoms with Gasteiger partial charge in [0, 0.05) is 18.0 Å². The first kappa shape index (κ1) is 12.5. The van der Waals surface area contributed by atoms with E-state index in [1.807, 2.05) is 0 Å². The van der Waals surface area contributed by atoms with Crippen LogP contribution in [0.1, 0.15) is 46.0 Å². The molecule has 0 aromatic carbocycles. The molecule has 0 spiro atoms. The molecule has 3 nitrogen and oxygen atoms in total. The van der Waals surface area contributed by atoms with E-state index in [9.17, 15) is 4.79 Å².